The standard InChI is InChI=1S/C16H26N4O4/c1-11-9-20(15(22)23-16(3,4)5)7-6-19(11)10-14(21)17-13-8-12(2)24-18-13/h8,11H,6-7,9-10H2,1-5H3,(H,17,18,21)/t11-/m1/s1. The van der Waals surface area contributed by atoms with Crippen LogP contribution in [0.15, 0.2) is 10.6 Å². The van der Waals surface area contributed by atoms with E-state index in [1.54, 1.807) is 17.9 Å². The SMILES string of the molecule is Cc1cc(NC(=O)CN2CCN(C(=O)OC(C)(C)C)C[C@H]2C)no1. The molecule has 0 spiro atoms. The summed E-state index contributed by atoms with van der Waals surface area (Å²) in [6.45, 7) is 11.2. The fourth-order valence-corrected chi connectivity index (χ4v) is 2.51. The molecule has 2 heterocycles. The van der Waals surface area contributed by atoms with Gasteiger partial charge in [-0.05, 0) is 34.6 Å². The molecule has 8 heteroatoms. The van der Waals surface area contributed by atoms with E-state index >= 15 is 0 Å². The molecule has 0 aliphatic carbocycles. The van der Waals surface area contributed by atoms with Crippen LogP contribution in [0, 0.1) is 6.92 Å². The Bertz CT molecular complexity index is 593. The number of ether oxygens (including phenoxy) is 1. The van der Waals surface area contributed by atoms with Gasteiger partial charge in [-0.3, -0.25) is 9.69 Å². The van der Waals surface area contributed by atoms with E-state index in [9.17, 15) is 9.59 Å². The number of carbonyl (C=O) groups is 2. The molecule has 2 amide bonds. The maximum absolute atomic E-state index is 12.1. The van der Waals surface area contributed by atoms with Crippen LogP contribution in [0.1, 0.15) is 33.5 Å². The summed E-state index contributed by atoms with van der Waals surface area (Å²) < 4.78 is 10.3. The van der Waals surface area contributed by atoms with Gasteiger partial charge in [-0.25, -0.2) is 4.79 Å². The molecule has 2 rings (SSSR count). The van der Waals surface area contributed by atoms with Crippen LogP contribution in [0.25, 0.3) is 0 Å². The van der Waals surface area contributed by atoms with Crippen LogP contribution in [0.2, 0.25) is 0 Å². The highest BCUT2D eigenvalue weighted by molar-refractivity contribution is 5.91. The van der Waals surface area contributed by atoms with Gasteiger partial charge in [0, 0.05) is 31.7 Å². The molecule has 1 saturated heterocycles. The monoisotopic (exact) mass is 338 g/mol. The number of nitrogens with one attached hydrogen (secondary N) is 1. The molecule has 0 radical (unpaired) electrons. The summed E-state index contributed by atoms with van der Waals surface area (Å²) in [7, 11) is 0. The molecular formula is C16H26N4O4. The maximum Gasteiger partial charge on any atom is 0.410 e. The summed E-state index contributed by atoms with van der Waals surface area (Å²) in [5.74, 6) is 0.906. The van der Waals surface area contributed by atoms with E-state index in [4.69, 9.17) is 9.26 Å². The number of piperazine rings is 1. The Balaban J connectivity index is 1.82. The van der Waals surface area contributed by atoms with Crippen molar-refractivity contribution in [3.63, 3.8) is 0 Å². The molecule has 1 fully saturated rings. The van der Waals surface area contributed by atoms with E-state index in [2.05, 4.69) is 10.5 Å². The van der Waals surface area contributed by atoms with Gasteiger partial charge >= 0.3 is 6.09 Å². The first kappa shape index (κ1) is 18.3. The summed E-state index contributed by atoms with van der Waals surface area (Å²) in [5.41, 5.74) is -0.507. The molecule has 1 aliphatic rings. The van der Waals surface area contributed by atoms with Gasteiger partial charge in [0.1, 0.15) is 11.4 Å². The highest BCUT2D eigenvalue weighted by Crippen LogP contribution is 2.15. The molecule has 1 aromatic rings. The number of hydrogen-bond donors (Lipinski definition) is 1. The van der Waals surface area contributed by atoms with Crippen molar-refractivity contribution in [3.8, 4) is 0 Å². The molecule has 0 saturated carbocycles. The first-order chi connectivity index (χ1) is 11.1. The van der Waals surface area contributed by atoms with Crippen LogP contribution in [0.4, 0.5) is 10.6 Å². The second-order valence-electron chi connectivity index (χ2n) is 7.12. The van der Waals surface area contributed by atoms with Gasteiger partial charge in [-0.15, -0.1) is 0 Å². The van der Waals surface area contributed by atoms with Gasteiger partial charge < -0.3 is 19.5 Å². The maximum atomic E-state index is 12.1. The van der Waals surface area contributed by atoms with Crippen molar-refractivity contribution < 1.29 is 18.8 Å². The lowest BCUT2D eigenvalue weighted by atomic mass is 10.2. The second-order valence-corrected chi connectivity index (χ2v) is 7.12. The number of aryl methyl sites for hydroxylation is 1. The van der Waals surface area contributed by atoms with Crippen LogP contribution in [-0.4, -0.2) is 64.8 Å². The fourth-order valence-electron chi connectivity index (χ4n) is 2.51. The molecule has 0 bridgehead atoms. The number of anilines is 1. The third-order valence-corrected chi connectivity index (χ3v) is 3.66. The van der Waals surface area contributed by atoms with Gasteiger partial charge in [-0.2, -0.15) is 0 Å². The largest absolute Gasteiger partial charge is 0.444 e. The highest BCUT2D eigenvalue weighted by atomic mass is 16.6. The summed E-state index contributed by atoms with van der Waals surface area (Å²) in [6, 6.07) is 1.73. The highest BCUT2D eigenvalue weighted by Gasteiger charge is 2.30. The van der Waals surface area contributed by atoms with E-state index in [0.29, 0.717) is 31.2 Å². The Morgan fingerprint density at radius 3 is 2.67 bits per heavy atom. The van der Waals surface area contributed by atoms with Crippen molar-refractivity contribution in [2.75, 3.05) is 31.5 Å². The molecule has 0 aromatic carbocycles. The number of carbonyl (C=O) groups excluding carboxylic acids is 2. The zero-order valence-electron chi connectivity index (χ0n) is 15.0. The van der Waals surface area contributed by atoms with Gasteiger partial charge in [0.15, 0.2) is 5.82 Å². The van der Waals surface area contributed by atoms with E-state index in [-0.39, 0.29) is 24.6 Å². The van der Waals surface area contributed by atoms with E-state index < -0.39 is 5.60 Å². The molecular weight excluding hydrogens is 312 g/mol. The summed E-state index contributed by atoms with van der Waals surface area (Å²) in [5, 5.41) is 6.45. The third kappa shape index (κ3) is 5.23. The fraction of sp³-hybridized carbons (Fsp3) is 0.688. The summed E-state index contributed by atoms with van der Waals surface area (Å²) >= 11 is 0. The van der Waals surface area contributed by atoms with Gasteiger partial charge in [0.2, 0.25) is 5.91 Å². The van der Waals surface area contributed by atoms with E-state index in [1.807, 2.05) is 32.6 Å². The number of amides is 2. The predicted molar refractivity (Wildman–Crippen MR) is 88.7 cm³/mol. The lowest BCUT2D eigenvalue weighted by Crippen LogP contribution is -2.55. The molecule has 0 unspecified atom stereocenters. The van der Waals surface area contributed by atoms with Crippen LogP contribution in [0.5, 0.6) is 0 Å². The minimum atomic E-state index is -0.507. The lowest BCUT2D eigenvalue weighted by Gasteiger charge is -2.39. The first-order valence-corrected chi connectivity index (χ1v) is 8.09. The normalized spacial score (nSPS) is 19.2. The van der Waals surface area contributed by atoms with Crippen LogP contribution in [0.3, 0.4) is 0 Å². The Hall–Kier alpha value is -2.09. The minimum absolute atomic E-state index is 0.0658. The van der Waals surface area contributed by atoms with E-state index in [1.165, 1.54) is 0 Å². The van der Waals surface area contributed by atoms with Crippen LogP contribution in [-0.2, 0) is 9.53 Å². The molecule has 1 aliphatic heterocycles. The van der Waals surface area contributed by atoms with Crippen LogP contribution < -0.4 is 5.32 Å². The summed E-state index contributed by atoms with van der Waals surface area (Å²) in [4.78, 5) is 27.9. The van der Waals surface area contributed by atoms with Crippen molar-refractivity contribution >= 4 is 17.8 Å². The second kappa shape index (κ2) is 7.21. The number of hydrogen-bond acceptors (Lipinski definition) is 6. The molecule has 24 heavy (non-hydrogen) atoms. The molecule has 8 nitrogen and oxygen atoms in total. The number of aromatic nitrogens is 1. The van der Waals surface area contributed by atoms with Gasteiger partial charge in [0.05, 0.1) is 6.54 Å². The van der Waals surface area contributed by atoms with Crippen molar-refractivity contribution in [2.45, 2.75) is 46.3 Å². The number of rotatable bonds is 3. The van der Waals surface area contributed by atoms with E-state index in [0.717, 1.165) is 0 Å². The smallest absolute Gasteiger partial charge is 0.410 e. The first-order valence-electron chi connectivity index (χ1n) is 8.09. The van der Waals surface area contributed by atoms with Crippen molar-refractivity contribution in [1.29, 1.82) is 0 Å². The zero-order chi connectivity index (χ0) is 17.9. The topological polar surface area (TPSA) is 87.9 Å². The molecule has 1 atom stereocenters. The average Bonchev–Trinajstić information content (AvgIpc) is 2.84. The lowest BCUT2D eigenvalue weighted by molar-refractivity contribution is -0.118. The Kier molecular flexibility index (Phi) is 5.48. The molecule has 134 valence electrons. The molecule has 1 N–H and O–H groups in total. The van der Waals surface area contributed by atoms with Gasteiger partial charge in [-0.1, -0.05) is 5.16 Å². The van der Waals surface area contributed by atoms with Crippen molar-refractivity contribution in [3.05, 3.63) is 11.8 Å². The molecule has 1 aromatic heterocycles. The van der Waals surface area contributed by atoms with Crippen molar-refractivity contribution in [2.24, 2.45) is 0 Å². The Labute approximate surface area is 142 Å². The van der Waals surface area contributed by atoms with Gasteiger partial charge in [0.25, 0.3) is 0 Å². The van der Waals surface area contributed by atoms with Crippen LogP contribution >= 0.6 is 0 Å². The zero-order valence-corrected chi connectivity index (χ0v) is 15.0. The average molecular weight is 338 g/mol. The summed E-state index contributed by atoms with van der Waals surface area (Å²) in [6.07, 6.45) is -0.309. The van der Waals surface area contributed by atoms with Crippen molar-refractivity contribution in [1.82, 2.24) is 15.0 Å². The number of nitrogens with zero attached hydrogens (tertiary/aromatic N) is 3. The minimum Gasteiger partial charge on any atom is -0.444 e. The quantitative estimate of drug-likeness (QED) is 0.905. The predicted octanol–water partition coefficient (Wildman–Crippen LogP) is 1.86. The third-order valence-electron chi connectivity index (χ3n) is 3.66. The Morgan fingerprint density at radius 2 is 2.12 bits per heavy atom. The Morgan fingerprint density at radius 1 is 1.42 bits per heavy atom.